The molecule has 62 valence electrons. The molecule has 1 heterocycles. The third-order valence-electron chi connectivity index (χ3n) is 2.37. The second-order valence-electron chi connectivity index (χ2n) is 3.05. The molecule has 0 aromatic heterocycles. The minimum atomic E-state index is 0.328. The predicted octanol–water partition coefficient (Wildman–Crippen LogP) is 2.11. The summed E-state index contributed by atoms with van der Waals surface area (Å²) in [5.41, 5.74) is 8.38. The smallest absolute Gasteiger partial charge is 0.0544 e. The number of azide groups is 1. The van der Waals surface area contributed by atoms with Crippen molar-refractivity contribution in [3.8, 4) is 0 Å². The molecule has 0 aromatic rings. The molecule has 1 saturated heterocycles. The summed E-state index contributed by atoms with van der Waals surface area (Å²) in [5.74, 6) is 0. The summed E-state index contributed by atoms with van der Waals surface area (Å²) in [7, 11) is 0. The standard InChI is InChI=1S/C7H13N3O/c1-2-7(5-11-6-7)3-4-9-10-8/h2-6H2,1H3. The van der Waals surface area contributed by atoms with Gasteiger partial charge in [-0.15, -0.1) is 0 Å². The lowest BCUT2D eigenvalue weighted by atomic mass is 9.80. The Kier molecular flexibility index (Phi) is 2.74. The topological polar surface area (TPSA) is 58.0 Å². The monoisotopic (exact) mass is 155 g/mol. The molecule has 0 bridgehead atoms. The maximum absolute atomic E-state index is 8.05. The molecule has 0 unspecified atom stereocenters. The third kappa shape index (κ3) is 1.85. The molecule has 1 aliphatic heterocycles. The summed E-state index contributed by atoms with van der Waals surface area (Å²) in [5, 5.41) is 3.51. The lowest BCUT2D eigenvalue weighted by Gasteiger charge is -2.40. The van der Waals surface area contributed by atoms with Crippen LogP contribution in [0, 0.1) is 5.41 Å². The SMILES string of the molecule is CCC1(CCN=[N+]=[N-])COC1. The summed E-state index contributed by atoms with van der Waals surface area (Å²) >= 11 is 0. The number of ether oxygens (including phenoxy) is 1. The molecule has 0 atom stereocenters. The van der Waals surface area contributed by atoms with Gasteiger partial charge in [0.1, 0.15) is 0 Å². The molecule has 0 radical (unpaired) electrons. The summed E-state index contributed by atoms with van der Waals surface area (Å²) in [4.78, 5) is 2.72. The van der Waals surface area contributed by atoms with Crippen molar-refractivity contribution in [1.29, 1.82) is 0 Å². The lowest BCUT2D eigenvalue weighted by molar-refractivity contribution is -0.117. The molecule has 4 heteroatoms. The Morgan fingerprint density at radius 3 is 2.73 bits per heavy atom. The molecule has 1 aliphatic rings. The van der Waals surface area contributed by atoms with Crippen molar-refractivity contribution in [2.24, 2.45) is 10.5 Å². The van der Waals surface area contributed by atoms with Gasteiger partial charge in [-0.25, -0.2) is 0 Å². The molecule has 0 saturated carbocycles. The van der Waals surface area contributed by atoms with Crippen LogP contribution in [0.25, 0.3) is 10.4 Å². The van der Waals surface area contributed by atoms with Gasteiger partial charge in [0.25, 0.3) is 0 Å². The molecule has 11 heavy (non-hydrogen) atoms. The van der Waals surface area contributed by atoms with E-state index in [1.165, 1.54) is 0 Å². The van der Waals surface area contributed by atoms with E-state index in [9.17, 15) is 0 Å². The minimum absolute atomic E-state index is 0.328. The highest BCUT2D eigenvalue weighted by Crippen LogP contribution is 2.34. The summed E-state index contributed by atoms with van der Waals surface area (Å²) in [6.07, 6.45) is 2.08. The second kappa shape index (κ2) is 3.60. The molecule has 1 fully saturated rings. The Morgan fingerprint density at radius 1 is 1.64 bits per heavy atom. The van der Waals surface area contributed by atoms with Gasteiger partial charge >= 0.3 is 0 Å². The molecule has 0 amide bonds. The average Bonchev–Trinajstić information content (AvgIpc) is 1.95. The zero-order valence-corrected chi connectivity index (χ0v) is 6.79. The first kappa shape index (κ1) is 8.37. The quantitative estimate of drug-likeness (QED) is 0.348. The van der Waals surface area contributed by atoms with Crippen molar-refractivity contribution in [2.75, 3.05) is 19.8 Å². The van der Waals surface area contributed by atoms with Gasteiger partial charge in [-0.2, -0.15) is 0 Å². The maximum Gasteiger partial charge on any atom is 0.0544 e. The Labute approximate surface area is 66.2 Å². The first-order valence-electron chi connectivity index (χ1n) is 3.91. The molecule has 4 nitrogen and oxygen atoms in total. The van der Waals surface area contributed by atoms with Crippen LogP contribution in [-0.2, 0) is 4.74 Å². The van der Waals surface area contributed by atoms with E-state index in [0.717, 1.165) is 26.1 Å². The fourth-order valence-electron chi connectivity index (χ4n) is 1.25. The van der Waals surface area contributed by atoms with Crippen LogP contribution >= 0.6 is 0 Å². The highest BCUT2D eigenvalue weighted by atomic mass is 16.5. The zero-order chi connectivity index (χ0) is 8.16. The number of hydrogen-bond acceptors (Lipinski definition) is 2. The molecular formula is C7H13N3O. The summed E-state index contributed by atoms with van der Waals surface area (Å²) in [6.45, 7) is 4.43. The van der Waals surface area contributed by atoms with Gasteiger partial charge in [0.15, 0.2) is 0 Å². The number of nitrogens with zero attached hydrogens (tertiary/aromatic N) is 3. The van der Waals surface area contributed by atoms with Crippen molar-refractivity contribution in [3.63, 3.8) is 0 Å². The Bertz CT molecular complexity index is 165. The van der Waals surface area contributed by atoms with Crippen molar-refractivity contribution in [2.45, 2.75) is 19.8 Å². The second-order valence-corrected chi connectivity index (χ2v) is 3.05. The number of rotatable bonds is 4. The average molecular weight is 155 g/mol. The Morgan fingerprint density at radius 2 is 2.36 bits per heavy atom. The highest BCUT2D eigenvalue weighted by Gasteiger charge is 2.35. The van der Waals surface area contributed by atoms with Crippen molar-refractivity contribution in [1.82, 2.24) is 0 Å². The molecule has 0 N–H and O–H groups in total. The Balaban J connectivity index is 2.26. The number of hydrogen-bond donors (Lipinski definition) is 0. The molecule has 0 aromatic carbocycles. The maximum atomic E-state index is 8.05. The van der Waals surface area contributed by atoms with Crippen LogP contribution in [0.2, 0.25) is 0 Å². The van der Waals surface area contributed by atoms with Crippen LogP contribution in [-0.4, -0.2) is 19.8 Å². The van der Waals surface area contributed by atoms with Gasteiger partial charge in [-0.3, -0.25) is 0 Å². The van der Waals surface area contributed by atoms with E-state index in [-0.39, 0.29) is 0 Å². The lowest BCUT2D eigenvalue weighted by Crippen LogP contribution is -2.42. The van der Waals surface area contributed by atoms with E-state index >= 15 is 0 Å². The van der Waals surface area contributed by atoms with E-state index in [1.807, 2.05) is 0 Å². The van der Waals surface area contributed by atoms with Gasteiger partial charge in [0.05, 0.1) is 13.2 Å². The van der Waals surface area contributed by atoms with E-state index in [2.05, 4.69) is 16.9 Å². The largest absolute Gasteiger partial charge is 0.380 e. The van der Waals surface area contributed by atoms with Gasteiger partial charge < -0.3 is 4.74 Å². The van der Waals surface area contributed by atoms with Crippen molar-refractivity contribution in [3.05, 3.63) is 10.4 Å². The highest BCUT2D eigenvalue weighted by molar-refractivity contribution is 4.84. The molecule has 1 rings (SSSR count). The van der Waals surface area contributed by atoms with Crippen LogP contribution < -0.4 is 0 Å². The van der Waals surface area contributed by atoms with E-state index in [1.54, 1.807) is 0 Å². The van der Waals surface area contributed by atoms with Gasteiger partial charge in [-0.05, 0) is 18.4 Å². The third-order valence-corrected chi connectivity index (χ3v) is 2.37. The van der Waals surface area contributed by atoms with Crippen LogP contribution in [0.5, 0.6) is 0 Å². The molecule has 0 spiro atoms. The molecule has 0 aliphatic carbocycles. The zero-order valence-electron chi connectivity index (χ0n) is 6.79. The normalized spacial score (nSPS) is 20.1. The first-order chi connectivity index (χ1) is 5.33. The van der Waals surface area contributed by atoms with Crippen LogP contribution in [0.4, 0.5) is 0 Å². The van der Waals surface area contributed by atoms with Crippen molar-refractivity contribution < 1.29 is 4.74 Å². The Hall–Kier alpha value is -0.730. The van der Waals surface area contributed by atoms with Crippen LogP contribution in [0.15, 0.2) is 5.11 Å². The van der Waals surface area contributed by atoms with Crippen molar-refractivity contribution >= 4 is 0 Å². The van der Waals surface area contributed by atoms with Crippen LogP contribution in [0.1, 0.15) is 19.8 Å². The first-order valence-corrected chi connectivity index (χ1v) is 3.91. The van der Waals surface area contributed by atoms with Gasteiger partial charge in [-0.1, -0.05) is 12.0 Å². The van der Waals surface area contributed by atoms with Gasteiger partial charge in [0.2, 0.25) is 0 Å². The summed E-state index contributed by atoms with van der Waals surface area (Å²) in [6, 6.07) is 0. The van der Waals surface area contributed by atoms with Gasteiger partial charge in [0, 0.05) is 16.9 Å². The minimum Gasteiger partial charge on any atom is -0.380 e. The van der Waals surface area contributed by atoms with E-state index < -0.39 is 0 Å². The fraction of sp³-hybridized carbons (Fsp3) is 1.00. The fourth-order valence-corrected chi connectivity index (χ4v) is 1.25. The van der Waals surface area contributed by atoms with Crippen LogP contribution in [0.3, 0.4) is 0 Å². The molecular weight excluding hydrogens is 142 g/mol. The predicted molar refractivity (Wildman–Crippen MR) is 42.2 cm³/mol. The van der Waals surface area contributed by atoms with E-state index in [4.69, 9.17) is 10.3 Å². The van der Waals surface area contributed by atoms with E-state index in [0.29, 0.717) is 12.0 Å². The summed E-state index contributed by atoms with van der Waals surface area (Å²) < 4.78 is 5.13.